The van der Waals surface area contributed by atoms with Crippen molar-refractivity contribution in [3.63, 3.8) is 0 Å². The number of carbonyl (C=O) groups is 1. The van der Waals surface area contributed by atoms with Crippen molar-refractivity contribution in [1.29, 1.82) is 0 Å². The molecule has 4 rings (SSSR count). The van der Waals surface area contributed by atoms with Gasteiger partial charge < -0.3 is 5.11 Å². The molecule has 0 aliphatic heterocycles. The number of Topliss-reactive ketones (excluding diaryl/α,β-unsaturated/α-hetero) is 1. The number of hydrogen-bond donors (Lipinski definition) is 1. The second-order valence-corrected chi connectivity index (χ2v) is 8.26. The summed E-state index contributed by atoms with van der Waals surface area (Å²) in [6, 6.07) is 0. The summed E-state index contributed by atoms with van der Waals surface area (Å²) in [6.45, 7) is 2.23. The second-order valence-electron chi connectivity index (χ2n) is 8.26. The maximum Gasteiger partial charge on any atom is 0.137 e. The number of rotatable bonds is 0. The Morgan fingerprint density at radius 1 is 1.18 bits per heavy atom. The maximum absolute atomic E-state index is 11.7. The Hall–Kier alpha value is -1.07. The largest absolute Gasteiger partial charge is 0.377 e. The molecule has 2 nitrogen and oxygen atoms in total. The zero-order valence-electron chi connectivity index (χ0n) is 13.5. The Kier molecular flexibility index (Phi) is 3.11. The van der Waals surface area contributed by atoms with Crippen molar-refractivity contribution in [2.24, 2.45) is 23.2 Å². The Morgan fingerprint density at radius 2 is 2.00 bits per heavy atom. The van der Waals surface area contributed by atoms with Gasteiger partial charge in [-0.1, -0.05) is 24.0 Å². The smallest absolute Gasteiger partial charge is 0.137 e. The van der Waals surface area contributed by atoms with Gasteiger partial charge in [0, 0.05) is 18.3 Å². The highest BCUT2D eigenvalue weighted by Gasteiger charge is 2.61. The van der Waals surface area contributed by atoms with Crippen molar-refractivity contribution in [3.05, 3.63) is 11.1 Å². The molecule has 118 valence electrons. The Balaban J connectivity index is 1.67. The molecule has 2 fully saturated rings. The molecule has 4 aliphatic rings. The minimum atomic E-state index is -0.903. The van der Waals surface area contributed by atoms with Crippen LogP contribution in [0.2, 0.25) is 0 Å². The molecule has 2 heteroatoms. The van der Waals surface area contributed by atoms with Crippen LogP contribution in [0.25, 0.3) is 0 Å². The van der Waals surface area contributed by atoms with Crippen LogP contribution in [0.3, 0.4) is 0 Å². The molecular formula is C20H26O2. The predicted octanol–water partition coefficient (Wildman–Crippen LogP) is 3.64. The highest BCUT2D eigenvalue weighted by Crippen LogP contribution is 2.64. The molecule has 0 saturated heterocycles. The summed E-state index contributed by atoms with van der Waals surface area (Å²) in [4.78, 5) is 11.7. The van der Waals surface area contributed by atoms with Crippen LogP contribution < -0.4 is 0 Å². The zero-order valence-corrected chi connectivity index (χ0v) is 13.5. The first kappa shape index (κ1) is 14.5. The second kappa shape index (κ2) is 4.71. The number of allylic oxidation sites excluding steroid dienone is 2. The number of aliphatic hydroxyl groups is 1. The van der Waals surface area contributed by atoms with Gasteiger partial charge in [-0.15, -0.1) is 6.42 Å². The summed E-state index contributed by atoms with van der Waals surface area (Å²) < 4.78 is 0. The van der Waals surface area contributed by atoms with Crippen LogP contribution in [0.5, 0.6) is 0 Å². The molecule has 0 aromatic rings. The third-order valence-electron chi connectivity index (χ3n) is 7.59. The van der Waals surface area contributed by atoms with Crippen molar-refractivity contribution in [2.75, 3.05) is 0 Å². The van der Waals surface area contributed by atoms with Crippen LogP contribution in [0.4, 0.5) is 0 Å². The number of fused-ring (bicyclic) bond motifs is 4. The molecule has 0 spiro atoms. The molecule has 22 heavy (non-hydrogen) atoms. The van der Waals surface area contributed by atoms with Gasteiger partial charge in [0.25, 0.3) is 0 Å². The summed E-state index contributed by atoms with van der Waals surface area (Å²) in [7, 11) is 0. The fourth-order valence-electron chi connectivity index (χ4n) is 6.30. The standard InChI is InChI=1S/C20H26O2/c1-3-20(22)11-9-18-17-6-4-13-12-14(21)5-7-15(13)16(17)8-10-19(18,20)2/h1,16-18,22H,4-12H2,2H3/t16?,17?,18?,19?,20-/m1/s1. The molecule has 1 N–H and O–H groups in total. The predicted molar refractivity (Wildman–Crippen MR) is 85.9 cm³/mol. The average molecular weight is 298 g/mol. The first-order valence-electron chi connectivity index (χ1n) is 8.91. The van der Waals surface area contributed by atoms with Gasteiger partial charge in [0.2, 0.25) is 0 Å². The van der Waals surface area contributed by atoms with Gasteiger partial charge in [-0.05, 0) is 62.7 Å². The monoisotopic (exact) mass is 298 g/mol. The van der Waals surface area contributed by atoms with E-state index in [-0.39, 0.29) is 5.41 Å². The molecule has 0 amide bonds. The molecule has 0 bridgehead atoms. The molecule has 0 radical (unpaired) electrons. The van der Waals surface area contributed by atoms with Crippen LogP contribution in [0.1, 0.15) is 64.7 Å². The average Bonchev–Trinajstić information content (AvgIpc) is 2.79. The minimum absolute atomic E-state index is 0.106. The summed E-state index contributed by atoms with van der Waals surface area (Å²) in [5, 5.41) is 10.9. The van der Waals surface area contributed by atoms with Crippen molar-refractivity contribution < 1.29 is 9.90 Å². The third-order valence-corrected chi connectivity index (χ3v) is 7.59. The van der Waals surface area contributed by atoms with E-state index in [1.165, 1.54) is 12.0 Å². The summed E-state index contributed by atoms with van der Waals surface area (Å²) in [5.74, 6) is 5.06. The van der Waals surface area contributed by atoms with Gasteiger partial charge in [0.15, 0.2) is 0 Å². The van der Waals surface area contributed by atoms with Gasteiger partial charge >= 0.3 is 0 Å². The molecule has 0 aromatic heterocycles. The van der Waals surface area contributed by atoms with E-state index in [1.807, 2.05) is 0 Å². The van der Waals surface area contributed by atoms with Crippen LogP contribution in [-0.4, -0.2) is 16.5 Å². The van der Waals surface area contributed by atoms with E-state index >= 15 is 0 Å². The van der Waals surface area contributed by atoms with Gasteiger partial charge in [-0.2, -0.15) is 0 Å². The van der Waals surface area contributed by atoms with Gasteiger partial charge in [0.05, 0.1) is 0 Å². The first-order valence-corrected chi connectivity index (χ1v) is 8.91. The molecular weight excluding hydrogens is 272 g/mol. The SMILES string of the molecule is C#C[C@@]1(O)CCC2C3CCC4=C(CCC(=O)C4)C3CCC21C. The van der Waals surface area contributed by atoms with Gasteiger partial charge in [-0.3, -0.25) is 4.79 Å². The molecule has 0 heterocycles. The zero-order chi connectivity index (χ0) is 15.5. The van der Waals surface area contributed by atoms with Gasteiger partial charge in [0.1, 0.15) is 11.4 Å². The van der Waals surface area contributed by atoms with E-state index < -0.39 is 5.60 Å². The fourth-order valence-corrected chi connectivity index (χ4v) is 6.30. The van der Waals surface area contributed by atoms with E-state index in [4.69, 9.17) is 6.42 Å². The summed E-state index contributed by atoms with van der Waals surface area (Å²) in [6.07, 6.45) is 14.5. The number of ketones is 1. The van der Waals surface area contributed by atoms with E-state index in [0.717, 1.165) is 51.4 Å². The van der Waals surface area contributed by atoms with Crippen LogP contribution in [0.15, 0.2) is 11.1 Å². The Morgan fingerprint density at radius 3 is 2.77 bits per heavy atom. The van der Waals surface area contributed by atoms with Crippen LogP contribution in [-0.2, 0) is 4.79 Å². The van der Waals surface area contributed by atoms with Crippen molar-refractivity contribution in [3.8, 4) is 12.3 Å². The molecule has 2 saturated carbocycles. The van der Waals surface area contributed by atoms with Crippen molar-refractivity contribution in [2.45, 2.75) is 70.3 Å². The lowest BCUT2D eigenvalue weighted by Crippen LogP contribution is -2.50. The Bertz CT molecular complexity index is 595. The summed E-state index contributed by atoms with van der Waals surface area (Å²) in [5.41, 5.74) is 2.08. The normalized spacial score (nSPS) is 47.5. The topological polar surface area (TPSA) is 37.3 Å². The number of terminal acetylenes is 1. The lowest BCUT2D eigenvalue weighted by molar-refractivity contribution is -0.119. The number of hydrogen-bond acceptors (Lipinski definition) is 2. The maximum atomic E-state index is 11.7. The highest BCUT2D eigenvalue weighted by molar-refractivity contribution is 5.82. The van der Waals surface area contributed by atoms with E-state index in [9.17, 15) is 9.90 Å². The number of carbonyl (C=O) groups excluding carboxylic acids is 1. The first-order chi connectivity index (χ1) is 10.5. The lowest BCUT2D eigenvalue weighted by atomic mass is 9.52. The Labute approximate surface area is 133 Å². The van der Waals surface area contributed by atoms with Crippen LogP contribution >= 0.6 is 0 Å². The fraction of sp³-hybridized carbons (Fsp3) is 0.750. The highest BCUT2D eigenvalue weighted by atomic mass is 16.3. The lowest BCUT2D eigenvalue weighted by Gasteiger charge is -2.53. The van der Waals surface area contributed by atoms with E-state index in [2.05, 4.69) is 12.8 Å². The van der Waals surface area contributed by atoms with Crippen LogP contribution in [0, 0.1) is 35.5 Å². The molecule has 5 atom stereocenters. The summed E-state index contributed by atoms with van der Waals surface area (Å²) >= 11 is 0. The molecule has 4 unspecified atom stereocenters. The molecule has 0 aromatic carbocycles. The quantitative estimate of drug-likeness (QED) is 0.547. The van der Waals surface area contributed by atoms with E-state index in [0.29, 0.717) is 23.5 Å². The van der Waals surface area contributed by atoms with Crippen molar-refractivity contribution in [1.82, 2.24) is 0 Å². The third kappa shape index (κ3) is 1.75. The van der Waals surface area contributed by atoms with Gasteiger partial charge in [-0.25, -0.2) is 0 Å². The molecule has 4 aliphatic carbocycles. The van der Waals surface area contributed by atoms with Crippen molar-refractivity contribution >= 4 is 5.78 Å². The minimum Gasteiger partial charge on any atom is -0.377 e. The van der Waals surface area contributed by atoms with E-state index in [1.54, 1.807) is 5.57 Å².